The molecule has 0 N–H and O–H groups in total. The summed E-state index contributed by atoms with van der Waals surface area (Å²) in [6.45, 7) is -0.480. The van der Waals surface area contributed by atoms with E-state index in [-0.39, 0.29) is 10.6 Å². The first-order valence-corrected chi connectivity index (χ1v) is 10.5. The quantitative estimate of drug-likeness (QED) is 0.384. The summed E-state index contributed by atoms with van der Waals surface area (Å²) < 4.78 is 0. The molecule has 31 heavy (non-hydrogen) atoms. The maximum Gasteiger partial charge on any atom is 0.274 e. The molecule has 158 valence electrons. The lowest BCUT2D eigenvalue weighted by Gasteiger charge is -2.30. The van der Waals surface area contributed by atoms with Gasteiger partial charge in [-0.05, 0) is 31.0 Å². The van der Waals surface area contributed by atoms with Crippen molar-refractivity contribution in [3.63, 3.8) is 0 Å². The number of hydrazine groups is 1. The van der Waals surface area contributed by atoms with E-state index >= 15 is 0 Å². The number of carbonyl (C=O) groups excluding carboxylic acids is 4. The number of hydrogen-bond donors (Lipinski definition) is 0. The predicted molar refractivity (Wildman–Crippen MR) is 115 cm³/mol. The molecular formula is C23H18Cl2N2O4. The number of carbonyl (C=O) groups is 4. The minimum Gasteiger partial charge on any atom is -0.292 e. The maximum atomic E-state index is 13.4. The Hall–Kier alpha value is -2.96. The fourth-order valence-electron chi connectivity index (χ4n) is 3.91. The topological polar surface area (TPSA) is 74.8 Å². The molecule has 3 amide bonds. The number of benzene rings is 2. The summed E-state index contributed by atoms with van der Waals surface area (Å²) in [5, 5.41) is 2.14. The van der Waals surface area contributed by atoms with Crippen molar-refractivity contribution < 1.29 is 19.2 Å². The van der Waals surface area contributed by atoms with Gasteiger partial charge in [0.25, 0.3) is 17.7 Å². The number of allylic oxidation sites excluding steroid dienone is 2. The lowest BCUT2D eigenvalue weighted by atomic mass is 9.85. The molecule has 6 nitrogen and oxygen atoms in total. The highest BCUT2D eigenvalue weighted by molar-refractivity contribution is 6.36. The first-order chi connectivity index (χ1) is 14.9. The molecule has 1 aliphatic heterocycles. The van der Waals surface area contributed by atoms with Crippen molar-refractivity contribution >= 4 is 46.7 Å². The van der Waals surface area contributed by atoms with Gasteiger partial charge in [-0.2, -0.15) is 5.01 Å². The molecule has 2 aromatic rings. The summed E-state index contributed by atoms with van der Waals surface area (Å²) in [5.74, 6) is -3.19. The molecule has 0 radical (unpaired) electrons. The van der Waals surface area contributed by atoms with Gasteiger partial charge in [-0.1, -0.05) is 65.7 Å². The third-order valence-corrected chi connectivity index (χ3v) is 6.06. The maximum absolute atomic E-state index is 13.4. The molecule has 2 atom stereocenters. The summed E-state index contributed by atoms with van der Waals surface area (Å²) >= 11 is 12.1. The number of halogens is 2. The fourth-order valence-corrected chi connectivity index (χ4v) is 4.40. The van der Waals surface area contributed by atoms with Gasteiger partial charge in [0.2, 0.25) is 0 Å². The first-order valence-electron chi connectivity index (χ1n) is 9.76. The number of nitrogens with zero attached hydrogens (tertiary/aromatic N) is 2. The van der Waals surface area contributed by atoms with Crippen LogP contribution in [0.1, 0.15) is 33.6 Å². The van der Waals surface area contributed by atoms with E-state index in [1.807, 2.05) is 12.2 Å². The Labute approximate surface area is 189 Å². The van der Waals surface area contributed by atoms with E-state index in [0.29, 0.717) is 23.4 Å². The molecule has 8 heteroatoms. The molecule has 0 bridgehead atoms. The Kier molecular flexibility index (Phi) is 5.94. The van der Waals surface area contributed by atoms with Crippen LogP contribution in [0, 0.1) is 11.8 Å². The molecular weight excluding hydrogens is 439 g/mol. The van der Waals surface area contributed by atoms with Crippen LogP contribution in [0.15, 0.2) is 60.7 Å². The van der Waals surface area contributed by atoms with Gasteiger partial charge in [-0.3, -0.25) is 19.2 Å². The van der Waals surface area contributed by atoms with Crippen molar-refractivity contribution in [2.75, 3.05) is 6.54 Å². The van der Waals surface area contributed by atoms with Crippen LogP contribution in [0.2, 0.25) is 10.0 Å². The normalized spacial score (nSPS) is 20.0. The second kappa shape index (κ2) is 8.65. The molecule has 1 saturated heterocycles. The van der Waals surface area contributed by atoms with Crippen LogP contribution < -0.4 is 0 Å². The van der Waals surface area contributed by atoms with Crippen LogP contribution >= 0.6 is 23.2 Å². The highest BCUT2D eigenvalue weighted by atomic mass is 35.5. The smallest absolute Gasteiger partial charge is 0.274 e. The van der Waals surface area contributed by atoms with Crippen molar-refractivity contribution in [3.8, 4) is 0 Å². The summed E-state index contributed by atoms with van der Waals surface area (Å²) in [7, 11) is 0. The summed E-state index contributed by atoms with van der Waals surface area (Å²) in [6.07, 6.45) is 4.55. The van der Waals surface area contributed by atoms with Crippen molar-refractivity contribution in [3.05, 3.63) is 81.9 Å². The third kappa shape index (κ3) is 4.01. The average Bonchev–Trinajstić information content (AvgIpc) is 3.02. The van der Waals surface area contributed by atoms with Crippen molar-refractivity contribution in [1.82, 2.24) is 10.0 Å². The number of hydrogen-bond acceptors (Lipinski definition) is 4. The second-order valence-corrected chi connectivity index (χ2v) is 8.26. The number of Topliss-reactive ketones (excluding diaryl/α,β-unsaturated/α-hetero) is 1. The van der Waals surface area contributed by atoms with E-state index < -0.39 is 41.9 Å². The molecule has 0 aromatic heterocycles. The van der Waals surface area contributed by atoms with Gasteiger partial charge in [-0.25, -0.2) is 5.01 Å². The van der Waals surface area contributed by atoms with Gasteiger partial charge in [0.15, 0.2) is 5.78 Å². The fraction of sp³-hybridized carbons (Fsp3) is 0.217. The van der Waals surface area contributed by atoms with Gasteiger partial charge in [-0.15, -0.1) is 0 Å². The van der Waals surface area contributed by atoms with Crippen LogP contribution in [0.3, 0.4) is 0 Å². The molecule has 1 heterocycles. The average molecular weight is 457 g/mol. The van der Waals surface area contributed by atoms with Crippen molar-refractivity contribution in [1.29, 1.82) is 0 Å². The summed E-state index contributed by atoms with van der Waals surface area (Å²) in [4.78, 5) is 52.5. The van der Waals surface area contributed by atoms with E-state index in [4.69, 9.17) is 23.2 Å². The Bertz CT molecular complexity index is 1070. The molecule has 0 saturated carbocycles. The number of amides is 3. The van der Waals surface area contributed by atoms with Crippen LogP contribution in [-0.2, 0) is 9.59 Å². The molecule has 1 fully saturated rings. The molecule has 2 aromatic carbocycles. The van der Waals surface area contributed by atoms with Crippen molar-refractivity contribution in [2.45, 2.75) is 12.8 Å². The predicted octanol–water partition coefficient (Wildman–Crippen LogP) is 4.18. The Morgan fingerprint density at radius 1 is 0.935 bits per heavy atom. The summed E-state index contributed by atoms with van der Waals surface area (Å²) in [6, 6.07) is 12.7. The zero-order valence-corrected chi connectivity index (χ0v) is 17.8. The van der Waals surface area contributed by atoms with E-state index in [1.54, 1.807) is 30.3 Å². The SMILES string of the molecule is O=C(CN(C(=O)c1ccc(Cl)cc1Cl)N1C(=O)[C@H]2CC=CC[C@@H]2C1=O)c1ccccc1. The number of fused-ring (bicyclic) bond motifs is 1. The van der Waals surface area contributed by atoms with E-state index in [9.17, 15) is 19.2 Å². The highest BCUT2D eigenvalue weighted by Crippen LogP contribution is 2.36. The minimum absolute atomic E-state index is 0.0422. The van der Waals surface area contributed by atoms with E-state index in [0.717, 1.165) is 10.0 Å². The number of rotatable bonds is 5. The minimum atomic E-state index is -0.723. The van der Waals surface area contributed by atoms with Gasteiger partial charge in [0.1, 0.15) is 6.54 Å². The van der Waals surface area contributed by atoms with Gasteiger partial charge >= 0.3 is 0 Å². The zero-order chi connectivity index (χ0) is 22.1. The number of ketones is 1. The Morgan fingerprint density at radius 3 is 2.13 bits per heavy atom. The molecule has 4 rings (SSSR count). The second-order valence-electron chi connectivity index (χ2n) is 7.42. The van der Waals surface area contributed by atoms with Crippen LogP contribution in [0.25, 0.3) is 0 Å². The molecule has 0 spiro atoms. The van der Waals surface area contributed by atoms with E-state index in [1.165, 1.54) is 18.2 Å². The number of imide groups is 1. The van der Waals surface area contributed by atoms with E-state index in [2.05, 4.69) is 0 Å². The van der Waals surface area contributed by atoms with Gasteiger partial charge < -0.3 is 0 Å². The lowest BCUT2D eigenvalue weighted by Crippen LogP contribution is -2.52. The van der Waals surface area contributed by atoms with Crippen LogP contribution in [0.4, 0.5) is 0 Å². The zero-order valence-electron chi connectivity index (χ0n) is 16.3. The van der Waals surface area contributed by atoms with Crippen molar-refractivity contribution in [2.24, 2.45) is 11.8 Å². The third-order valence-electron chi connectivity index (χ3n) is 5.51. The lowest BCUT2D eigenvalue weighted by molar-refractivity contribution is -0.154. The van der Waals surface area contributed by atoms with Crippen LogP contribution in [-0.4, -0.2) is 40.1 Å². The summed E-state index contributed by atoms with van der Waals surface area (Å²) in [5.41, 5.74) is 0.404. The standard InChI is InChI=1S/C23H18Cl2N2O4/c24-15-10-11-18(19(25)12-15)21(29)26(13-20(28)14-6-2-1-3-7-14)27-22(30)16-8-4-5-9-17(16)23(27)31/h1-7,10-12,16-17H,8-9,13H2/t16-,17-/m0/s1. The highest BCUT2D eigenvalue weighted by Gasteiger charge is 2.51. The van der Waals surface area contributed by atoms with Crippen LogP contribution in [0.5, 0.6) is 0 Å². The van der Waals surface area contributed by atoms with Gasteiger partial charge in [0, 0.05) is 10.6 Å². The largest absolute Gasteiger partial charge is 0.292 e. The van der Waals surface area contributed by atoms with Gasteiger partial charge in [0.05, 0.1) is 22.4 Å². The monoisotopic (exact) mass is 456 g/mol. The Balaban J connectivity index is 1.72. The molecule has 0 unspecified atom stereocenters. The first kappa shape index (κ1) is 21.3. The Morgan fingerprint density at radius 2 is 1.55 bits per heavy atom. The molecule has 2 aliphatic rings. The molecule has 1 aliphatic carbocycles.